The van der Waals surface area contributed by atoms with Crippen LogP contribution >= 0.6 is 11.3 Å². The van der Waals surface area contributed by atoms with Crippen molar-refractivity contribution in [3.63, 3.8) is 0 Å². The lowest BCUT2D eigenvalue weighted by Gasteiger charge is -2.26. The molecule has 0 aliphatic carbocycles. The van der Waals surface area contributed by atoms with Gasteiger partial charge in [0.05, 0.1) is 41.2 Å². The van der Waals surface area contributed by atoms with Crippen molar-refractivity contribution in [1.29, 1.82) is 0 Å². The third kappa shape index (κ3) is 6.84. The van der Waals surface area contributed by atoms with E-state index in [0.29, 0.717) is 56.6 Å². The monoisotopic (exact) mass is 630 g/mol. The first kappa shape index (κ1) is 31.7. The molecule has 234 valence electrons. The summed E-state index contributed by atoms with van der Waals surface area (Å²) in [5.41, 5.74) is 2.23. The molecule has 11 heteroatoms. The fourth-order valence-corrected chi connectivity index (χ4v) is 5.95. The molecule has 1 aliphatic heterocycles. The third-order valence-electron chi connectivity index (χ3n) is 7.02. The number of furan rings is 1. The molecule has 0 spiro atoms. The summed E-state index contributed by atoms with van der Waals surface area (Å²) in [5.74, 6) is 0.631. The Bertz CT molecular complexity index is 1900. The molecule has 0 saturated heterocycles. The Morgan fingerprint density at radius 1 is 0.978 bits per heavy atom. The van der Waals surface area contributed by atoms with Crippen LogP contribution < -0.4 is 19.6 Å². The maximum absolute atomic E-state index is 14.1. The van der Waals surface area contributed by atoms with Gasteiger partial charge in [0.25, 0.3) is 5.56 Å². The van der Waals surface area contributed by atoms with Crippen LogP contribution in [0.25, 0.3) is 17.4 Å². The quantitative estimate of drug-likeness (QED) is 0.164. The van der Waals surface area contributed by atoms with Crippen LogP contribution in [0.3, 0.4) is 0 Å². The summed E-state index contributed by atoms with van der Waals surface area (Å²) in [4.78, 5) is 44.6. The molecule has 1 aliphatic rings. The van der Waals surface area contributed by atoms with E-state index in [1.54, 1.807) is 56.3 Å². The second-order valence-corrected chi connectivity index (χ2v) is 11.1. The Kier molecular flexibility index (Phi) is 10.1. The van der Waals surface area contributed by atoms with Gasteiger partial charge in [-0.2, -0.15) is 0 Å². The molecule has 0 saturated carbocycles. The summed E-state index contributed by atoms with van der Waals surface area (Å²) in [6, 6.07) is 17.0. The van der Waals surface area contributed by atoms with Crippen molar-refractivity contribution >= 4 is 29.4 Å². The second-order valence-electron chi connectivity index (χ2n) is 10.1. The molecule has 0 bridgehead atoms. The zero-order valence-corrected chi connectivity index (χ0v) is 26.3. The number of hydrogen-bond donors (Lipinski definition) is 0. The van der Waals surface area contributed by atoms with Crippen LogP contribution in [0, 0.1) is 0 Å². The molecular formula is C34H34N2O8S. The van der Waals surface area contributed by atoms with Gasteiger partial charge in [-0.05, 0) is 50.6 Å². The number of para-hydroxylation sites is 1. The van der Waals surface area contributed by atoms with Crippen LogP contribution in [0.4, 0.5) is 0 Å². The Hall–Kier alpha value is -4.74. The van der Waals surface area contributed by atoms with Crippen molar-refractivity contribution in [3.05, 3.63) is 109 Å². The van der Waals surface area contributed by atoms with Gasteiger partial charge in [-0.15, -0.1) is 0 Å². The number of ether oxygens (including phenoxy) is 4. The number of benzene rings is 2. The first-order chi connectivity index (χ1) is 21.9. The van der Waals surface area contributed by atoms with Crippen molar-refractivity contribution < 1.29 is 33.0 Å². The number of allylic oxidation sites excluding steroid dienone is 1. The summed E-state index contributed by atoms with van der Waals surface area (Å²) in [6.45, 7) is 6.57. The van der Waals surface area contributed by atoms with Crippen LogP contribution in [-0.4, -0.2) is 50.0 Å². The molecule has 1 atom stereocenters. The number of methoxy groups -OCH3 is 1. The molecule has 0 amide bonds. The average molecular weight is 631 g/mol. The molecule has 2 aromatic heterocycles. The highest BCUT2D eigenvalue weighted by Gasteiger charge is 2.35. The average Bonchev–Trinajstić information content (AvgIpc) is 3.63. The summed E-state index contributed by atoms with van der Waals surface area (Å²) >= 11 is 1.20. The van der Waals surface area contributed by atoms with Crippen molar-refractivity contribution in [2.75, 3.05) is 33.5 Å². The number of esters is 2. The van der Waals surface area contributed by atoms with E-state index in [1.165, 1.54) is 23.0 Å². The van der Waals surface area contributed by atoms with Gasteiger partial charge in [0.15, 0.2) is 4.80 Å². The van der Waals surface area contributed by atoms with Crippen LogP contribution in [-0.2, 0) is 19.0 Å². The van der Waals surface area contributed by atoms with Gasteiger partial charge >= 0.3 is 11.9 Å². The Balaban J connectivity index is 1.56. The van der Waals surface area contributed by atoms with Gasteiger partial charge in [-0.1, -0.05) is 48.6 Å². The van der Waals surface area contributed by atoms with E-state index in [9.17, 15) is 14.4 Å². The molecule has 0 fully saturated rings. The minimum absolute atomic E-state index is 0.0591. The van der Waals surface area contributed by atoms with Gasteiger partial charge in [-0.25, -0.2) is 14.6 Å². The Morgan fingerprint density at radius 2 is 1.76 bits per heavy atom. The second kappa shape index (κ2) is 14.4. The maximum Gasteiger partial charge on any atom is 0.338 e. The molecule has 45 heavy (non-hydrogen) atoms. The number of hydrogen-bond acceptors (Lipinski definition) is 10. The number of nitrogens with zero attached hydrogens (tertiary/aromatic N) is 2. The van der Waals surface area contributed by atoms with Gasteiger partial charge in [0.2, 0.25) is 0 Å². The van der Waals surface area contributed by atoms with E-state index in [4.69, 9.17) is 23.4 Å². The van der Waals surface area contributed by atoms with Gasteiger partial charge in [0.1, 0.15) is 29.9 Å². The fraction of sp³-hybridized carbons (Fsp3) is 0.294. The van der Waals surface area contributed by atoms with Gasteiger partial charge in [0, 0.05) is 24.3 Å². The predicted molar refractivity (Wildman–Crippen MR) is 169 cm³/mol. The lowest BCUT2D eigenvalue weighted by molar-refractivity contribution is -0.140. The summed E-state index contributed by atoms with van der Waals surface area (Å²) in [6.07, 6.45) is 2.45. The van der Waals surface area contributed by atoms with Crippen molar-refractivity contribution in [2.45, 2.75) is 33.2 Å². The maximum atomic E-state index is 14.1. The first-order valence-electron chi connectivity index (χ1n) is 14.6. The van der Waals surface area contributed by atoms with Gasteiger partial charge < -0.3 is 23.4 Å². The molecule has 5 rings (SSSR count). The van der Waals surface area contributed by atoms with E-state index in [2.05, 4.69) is 4.99 Å². The lowest BCUT2D eigenvalue weighted by atomic mass is 9.95. The van der Waals surface area contributed by atoms with E-state index < -0.39 is 12.0 Å². The molecule has 2 aromatic carbocycles. The van der Waals surface area contributed by atoms with Gasteiger partial charge in [-0.3, -0.25) is 9.36 Å². The number of rotatable bonds is 12. The van der Waals surface area contributed by atoms with Crippen LogP contribution in [0.15, 0.2) is 86.1 Å². The molecule has 0 unspecified atom stereocenters. The zero-order chi connectivity index (χ0) is 31.9. The largest absolute Gasteiger partial charge is 0.493 e. The van der Waals surface area contributed by atoms with Crippen molar-refractivity contribution in [1.82, 2.24) is 4.57 Å². The topological polar surface area (TPSA) is 119 Å². The minimum atomic E-state index is -0.823. The van der Waals surface area contributed by atoms with E-state index in [-0.39, 0.29) is 30.3 Å². The Morgan fingerprint density at radius 3 is 2.49 bits per heavy atom. The summed E-state index contributed by atoms with van der Waals surface area (Å²) in [7, 11) is 1.53. The van der Waals surface area contributed by atoms with Crippen LogP contribution in [0.1, 0.15) is 54.9 Å². The molecule has 10 nitrogen and oxygen atoms in total. The third-order valence-corrected chi connectivity index (χ3v) is 8.00. The Labute approximate surface area is 263 Å². The molecular weight excluding hydrogens is 596 g/mol. The number of aromatic nitrogens is 1. The highest BCUT2D eigenvalue weighted by atomic mass is 32.1. The van der Waals surface area contributed by atoms with E-state index in [1.807, 2.05) is 31.2 Å². The fourth-order valence-electron chi connectivity index (χ4n) is 4.92. The van der Waals surface area contributed by atoms with Crippen LogP contribution in [0.5, 0.6) is 5.75 Å². The van der Waals surface area contributed by atoms with Crippen molar-refractivity contribution in [3.8, 4) is 17.1 Å². The summed E-state index contributed by atoms with van der Waals surface area (Å²) in [5, 5.41) is 0. The molecule has 0 N–H and O–H groups in total. The lowest BCUT2D eigenvalue weighted by Crippen LogP contribution is -2.40. The number of thiazole rings is 1. The van der Waals surface area contributed by atoms with Crippen LogP contribution in [0.2, 0.25) is 0 Å². The first-order valence-corrected chi connectivity index (χ1v) is 15.5. The highest BCUT2D eigenvalue weighted by Crippen LogP contribution is 2.36. The SMILES string of the molecule is CCCOc1ccccc1[C@H]1C(C(=O)OCCOC)=C(C)N=c2s/c(=C/c3ccc(-c4ccc(C(=O)OCC)cc4)o3)c(=O)n21. The van der Waals surface area contributed by atoms with E-state index >= 15 is 0 Å². The zero-order valence-electron chi connectivity index (χ0n) is 25.5. The predicted octanol–water partition coefficient (Wildman–Crippen LogP) is 4.65. The standard InChI is InChI=1S/C34H34N2O8S/c1-5-17-42-27-10-8-7-9-25(27)30-29(33(39)43-19-18-40-4)21(3)35-34-36(30)31(37)28(45-34)20-24-15-16-26(44-24)22-11-13-23(14-12-22)32(38)41-6-2/h7-16,20,30H,5-6,17-19H2,1-4H3/b28-20+/t30-/m0/s1. The summed E-state index contributed by atoms with van der Waals surface area (Å²) < 4.78 is 29.6. The minimum Gasteiger partial charge on any atom is -0.493 e. The van der Waals surface area contributed by atoms with E-state index in [0.717, 1.165) is 12.0 Å². The number of carbonyl (C=O) groups is 2. The molecule has 4 aromatic rings. The smallest absolute Gasteiger partial charge is 0.338 e. The number of fused-ring (bicyclic) bond motifs is 1. The molecule has 0 radical (unpaired) electrons. The van der Waals surface area contributed by atoms with Crippen molar-refractivity contribution in [2.24, 2.45) is 4.99 Å². The highest BCUT2D eigenvalue weighted by molar-refractivity contribution is 7.07. The number of carbonyl (C=O) groups excluding carboxylic acids is 2. The normalized spacial score (nSPS) is 14.6. The molecule has 3 heterocycles.